The molecule has 0 fully saturated rings. The molecule has 2 aromatic rings. The third kappa shape index (κ3) is 3.21. The number of esters is 1. The van der Waals surface area contributed by atoms with Gasteiger partial charge in [-0.15, -0.1) is 0 Å². The molecule has 120 valence electrons. The van der Waals surface area contributed by atoms with E-state index >= 15 is 0 Å². The van der Waals surface area contributed by atoms with Crippen LogP contribution in [0.4, 0.5) is 0 Å². The fourth-order valence-corrected chi connectivity index (χ4v) is 3.15. The van der Waals surface area contributed by atoms with Crippen molar-refractivity contribution in [2.45, 2.75) is 39.2 Å². The van der Waals surface area contributed by atoms with Crippen LogP contribution >= 0.6 is 0 Å². The van der Waals surface area contributed by atoms with Gasteiger partial charge in [0.05, 0.1) is 12.3 Å². The van der Waals surface area contributed by atoms with Crippen molar-refractivity contribution in [2.75, 3.05) is 6.61 Å². The molecule has 0 saturated heterocycles. The minimum Gasteiger partial charge on any atom is -0.461 e. The van der Waals surface area contributed by atoms with Gasteiger partial charge < -0.3 is 9.30 Å². The zero-order valence-corrected chi connectivity index (χ0v) is 13.4. The summed E-state index contributed by atoms with van der Waals surface area (Å²) in [6.07, 6.45) is 3.29. The van der Waals surface area contributed by atoms with E-state index in [4.69, 9.17) is 4.74 Å². The van der Waals surface area contributed by atoms with E-state index in [1.165, 1.54) is 0 Å². The van der Waals surface area contributed by atoms with Crippen LogP contribution in [-0.2, 0) is 17.7 Å². The number of ketones is 1. The van der Waals surface area contributed by atoms with Gasteiger partial charge in [-0.1, -0.05) is 30.3 Å². The van der Waals surface area contributed by atoms with E-state index in [-0.39, 0.29) is 11.8 Å². The van der Waals surface area contributed by atoms with Crippen molar-refractivity contribution in [3.63, 3.8) is 0 Å². The number of nitrogens with zero attached hydrogens (tertiary/aromatic N) is 1. The molecule has 4 heteroatoms. The second-order valence-electron chi connectivity index (χ2n) is 5.83. The highest BCUT2D eigenvalue weighted by Gasteiger charge is 2.26. The number of aromatic nitrogens is 1. The van der Waals surface area contributed by atoms with Crippen molar-refractivity contribution in [1.29, 1.82) is 0 Å². The molecule has 1 aliphatic carbocycles. The molecule has 0 amide bonds. The molecule has 3 rings (SSSR count). The van der Waals surface area contributed by atoms with Gasteiger partial charge in [0.1, 0.15) is 5.69 Å². The second-order valence-corrected chi connectivity index (χ2v) is 5.83. The summed E-state index contributed by atoms with van der Waals surface area (Å²) in [6, 6.07) is 11.7. The molecule has 0 N–H and O–H groups in total. The number of hydrogen-bond donors (Lipinski definition) is 0. The second kappa shape index (κ2) is 6.82. The maximum absolute atomic E-state index is 12.5. The van der Waals surface area contributed by atoms with Crippen LogP contribution in [0.3, 0.4) is 0 Å². The summed E-state index contributed by atoms with van der Waals surface area (Å²) in [4.78, 5) is 24.8. The summed E-state index contributed by atoms with van der Waals surface area (Å²) >= 11 is 0. The number of benzene rings is 1. The van der Waals surface area contributed by atoms with Crippen molar-refractivity contribution < 1.29 is 14.3 Å². The van der Waals surface area contributed by atoms with E-state index in [2.05, 4.69) is 0 Å². The molecule has 0 atom stereocenters. The van der Waals surface area contributed by atoms with Crippen LogP contribution < -0.4 is 0 Å². The molecule has 0 spiro atoms. The molecule has 0 bridgehead atoms. The molecular formula is C19H21NO3. The van der Waals surface area contributed by atoms with Crippen LogP contribution in [0.15, 0.2) is 36.4 Å². The third-order valence-corrected chi connectivity index (χ3v) is 4.21. The van der Waals surface area contributed by atoms with Gasteiger partial charge in [-0.05, 0) is 43.4 Å². The molecule has 1 heterocycles. The zero-order valence-electron chi connectivity index (χ0n) is 13.4. The maximum atomic E-state index is 12.5. The average molecular weight is 311 g/mol. The Kier molecular flexibility index (Phi) is 4.60. The summed E-state index contributed by atoms with van der Waals surface area (Å²) in [5.74, 6) is -0.228. The Hall–Kier alpha value is -2.36. The number of aryl methyl sites for hydroxylation is 1. The van der Waals surface area contributed by atoms with E-state index in [1.807, 2.05) is 41.0 Å². The van der Waals surface area contributed by atoms with Crippen molar-refractivity contribution in [1.82, 2.24) is 4.57 Å². The highest BCUT2D eigenvalue weighted by atomic mass is 16.5. The van der Waals surface area contributed by atoms with E-state index in [0.717, 1.165) is 30.4 Å². The van der Waals surface area contributed by atoms with Crippen LogP contribution in [0.5, 0.6) is 0 Å². The molecule has 0 saturated carbocycles. The first-order valence-corrected chi connectivity index (χ1v) is 8.17. The maximum Gasteiger partial charge on any atom is 0.354 e. The van der Waals surface area contributed by atoms with Gasteiger partial charge >= 0.3 is 5.97 Å². The van der Waals surface area contributed by atoms with Crippen molar-refractivity contribution in [3.8, 4) is 0 Å². The number of Topliss-reactive ketones (excluding diaryl/α,β-unsaturated/α-hetero) is 1. The minimum absolute atomic E-state index is 0.129. The molecule has 23 heavy (non-hydrogen) atoms. The Bertz CT molecular complexity index is 716. The summed E-state index contributed by atoms with van der Waals surface area (Å²) in [6.45, 7) is 2.63. The van der Waals surface area contributed by atoms with Gasteiger partial charge in [-0.25, -0.2) is 4.79 Å². The minimum atomic E-state index is -0.357. The Labute approximate surface area is 136 Å². The smallest absolute Gasteiger partial charge is 0.354 e. The van der Waals surface area contributed by atoms with E-state index in [9.17, 15) is 9.59 Å². The van der Waals surface area contributed by atoms with Crippen molar-refractivity contribution in [3.05, 3.63) is 58.9 Å². The largest absolute Gasteiger partial charge is 0.461 e. The van der Waals surface area contributed by atoms with Gasteiger partial charge in [0, 0.05) is 13.0 Å². The molecular weight excluding hydrogens is 290 g/mol. The number of ether oxygens (including phenoxy) is 1. The lowest BCUT2D eigenvalue weighted by atomic mass is 10.1. The zero-order chi connectivity index (χ0) is 16.2. The number of carbonyl (C=O) groups excluding carboxylic acids is 2. The first-order chi connectivity index (χ1) is 11.2. The highest BCUT2D eigenvalue weighted by Crippen LogP contribution is 2.26. The van der Waals surface area contributed by atoms with E-state index < -0.39 is 0 Å². The molecule has 0 unspecified atom stereocenters. The molecule has 1 aromatic heterocycles. The fourth-order valence-electron chi connectivity index (χ4n) is 3.15. The number of carbonyl (C=O) groups is 2. The Morgan fingerprint density at radius 2 is 1.91 bits per heavy atom. The fraction of sp³-hybridized carbons (Fsp3) is 0.368. The Morgan fingerprint density at radius 3 is 2.65 bits per heavy atom. The van der Waals surface area contributed by atoms with Crippen molar-refractivity contribution >= 4 is 11.8 Å². The molecule has 1 aliphatic rings. The quantitative estimate of drug-likeness (QED) is 0.640. The first kappa shape index (κ1) is 15.5. The number of hydrogen-bond acceptors (Lipinski definition) is 3. The molecule has 1 aromatic carbocycles. The van der Waals surface area contributed by atoms with Crippen LogP contribution in [0.1, 0.15) is 58.3 Å². The van der Waals surface area contributed by atoms with Gasteiger partial charge in [-0.3, -0.25) is 4.79 Å². The van der Waals surface area contributed by atoms with Crippen molar-refractivity contribution in [2.24, 2.45) is 0 Å². The van der Waals surface area contributed by atoms with Gasteiger partial charge in [0.2, 0.25) is 0 Å². The van der Waals surface area contributed by atoms with E-state index in [0.29, 0.717) is 31.0 Å². The lowest BCUT2D eigenvalue weighted by Crippen LogP contribution is -2.17. The SMILES string of the molecule is CCOC(=O)c1cc2c(n1Cc1ccccc1)C(=O)CCCC2. The van der Waals surface area contributed by atoms with Gasteiger partial charge in [0.25, 0.3) is 0 Å². The lowest BCUT2D eigenvalue weighted by Gasteiger charge is -2.12. The normalized spacial score (nSPS) is 14.2. The summed E-state index contributed by atoms with van der Waals surface area (Å²) in [5.41, 5.74) is 3.21. The monoisotopic (exact) mass is 311 g/mol. The molecule has 0 aliphatic heterocycles. The standard InChI is InChI=1S/C19H21NO3/c1-2-23-19(22)16-12-15-10-6-7-11-17(21)18(15)20(16)13-14-8-4-3-5-9-14/h3-5,8-9,12H,2,6-7,10-11,13H2,1H3. The highest BCUT2D eigenvalue weighted by molar-refractivity contribution is 5.99. The predicted molar refractivity (Wildman–Crippen MR) is 87.8 cm³/mol. The number of rotatable bonds is 4. The summed E-state index contributed by atoms with van der Waals surface area (Å²) in [5, 5.41) is 0. The third-order valence-electron chi connectivity index (χ3n) is 4.21. The topological polar surface area (TPSA) is 48.3 Å². The number of fused-ring (bicyclic) bond motifs is 1. The van der Waals surface area contributed by atoms with Crippen LogP contribution in [-0.4, -0.2) is 22.9 Å². The van der Waals surface area contributed by atoms with Crippen LogP contribution in [0.2, 0.25) is 0 Å². The molecule has 4 nitrogen and oxygen atoms in total. The summed E-state index contributed by atoms with van der Waals surface area (Å²) < 4.78 is 7.02. The Balaban J connectivity index is 2.07. The predicted octanol–water partition coefficient (Wildman–Crippen LogP) is 3.62. The average Bonchev–Trinajstić information content (AvgIpc) is 2.80. The van der Waals surface area contributed by atoms with Crippen LogP contribution in [0.25, 0.3) is 0 Å². The summed E-state index contributed by atoms with van der Waals surface area (Å²) in [7, 11) is 0. The van der Waals surface area contributed by atoms with Gasteiger partial charge in [0.15, 0.2) is 5.78 Å². The first-order valence-electron chi connectivity index (χ1n) is 8.17. The van der Waals surface area contributed by atoms with Crippen LogP contribution in [0, 0.1) is 0 Å². The van der Waals surface area contributed by atoms with Gasteiger partial charge in [-0.2, -0.15) is 0 Å². The van der Waals surface area contributed by atoms with E-state index in [1.54, 1.807) is 6.92 Å². The Morgan fingerprint density at radius 1 is 1.17 bits per heavy atom. The lowest BCUT2D eigenvalue weighted by molar-refractivity contribution is 0.0514. The molecule has 0 radical (unpaired) electrons.